The fourth-order valence-corrected chi connectivity index (χ4v) is 13.1. The van der Waals surface area contributed by atoms with Crippen molar-refractivity contribution in [1.82, 2.24) is 0 Å². The summed E-state index contributed by atoms with van der Waals surface area (Å²) in [6, 6.07) is 0. The van der Waals surface area contributed by atoms with E-state index in [4.69, 9.17) is 84.5 Å². The number of hydrogen-bond acceptors (Lipinski definition) is 60. The summed E-state index contributed by atoms with van der Waals surface area (Å²) in [5, 5.41) is 54.7. The first-order chi connectivity index (χ1) is 48.0. The minimum atomic E-state index is -6.67. The van der Waals surface area contributed by atoms with Crippen molar-refractivity contribution in [2.75, 3.05) is 55.4 Å². The van der Waals surface area contributed by atoms with Crippen LogP contribution >= 0.6 is 24.6 Å². The topological polar surface area (TPSA) is 819 Å². The normalized spacial score (nSPS) is 36.0. The number of hydrogen-bond donors (Lipinski definition) is 0. The predicted molar refractivity (Wildman–Crippen MR) is 273 cm³/mol. The molecule has 58 nitrogen and oxygen atoms in total. The maximum atomic E-state index is 13.3. The SMILES string of the molecule is COC1C(OSOO[O-])[C@@H](O[C@H]2C(COOS(=O)[O-])O[C@@H](O[C@H]3C(C(=O)[O-])O[C@@H](O[C@H]4C(OSOO[O-])C(OOS(=O)[O-])[C@@H](OC)O[C@@H]4COS(=O)(=O)[O-])C(OS(=O)(=O)[O-])[C@@H]3OC)C(OS(=O)(=O)[O-])[C@H]2OS(=O)(=O)[O-])O[C@H](C(=O)[O-])[C@H]1O[C@H]1O[C@H](COS(=O)(=O)[O-])[C@@H](OC)C(OC)C1OOS(=O)[O-]. The monoisotopic (exact) mass is 1710 g/mol. The molecule has 103 heavy (non-hydrogen) atoms. The Morgan fingerprint density at radius 1 is 0.379 bits per heavy atom. The van der Waals surface area contributed by atoms with Gasteiger partial charge in [0, 0.05) is 35.5 Å². The van der Waals surface area contributed by atoms with Gasteiger partial charge in [0.05, 0.1) is 25.2 Å². The molecule has 5 fully saturated rings. The van der Waals surface area contributed by atoms with Gasteiger partial charge < -0.3 is 133 Å². The average molecular weight is 1720 g/mol. The number of carboxylic acids is 2. The second kappa shape index (κ2) is 41.5. The second-order valence-electron chi connectivity index (χ2n) is 19.1. The van der Waals surface area contributed by atoms with Gasteiger partial charge >= 0.3 is 0 Å². The predicted octanol–water partition coefficient (Wildman–Crippen LogP) is -14.8. The number of ether oxygens (including phenoxy) is 14. The summed E-state index contributed by atoms with van der Waals surface area (Å²) in [6.07, 6.45) is -67.8. The zero-order valence-electron chi connectivity index (χ0n) is 50.3. The lowest BCUT2D eigenvalue weighted by Gasteiger charge is -2.52. The van der Waals surface area contributed by atoms with Crippen molar-refractivity contribution in [2.45, 2.75) is 154 Å². The van der Waals surface area contributed by atoms with Gasteiger partial charge in [-0.05, 0) is 0 Å². The lowest BCUT2D eigenvalue weighted by molar-refractivity contribution is -0.778. The van der Waals surface area contributed by atoms with Crippen LogP contribution < -0.4 is 20.7 Å². The van der Waals surface area contributed by atoms with Crippen LogP contribution in [0, 0.1) is 0 Å². The van der Waals surface area contributed by atoms with Crippen molar-refractivity contribution in [3.8, 4) is 0 Å². The van der Waals surface area contributed by atoms with E-state index in [0.717, 1.165) is 21.3 Å². The van der Waals surface area contributed by atoms with Crippen LogP contribution in [0.25, 0.3) is 0 Å². The summed E-state index contributed by atoms with van der Waals surface area (Å²) in [4.78, 5) is 40.7. The van der Waals surface area contributed by atoms with Crippen molar-refractivity contribution >= 4 is 123 Å². The first-order valence-corrected chi connectivity index (χ1v) is 36.9. The Hall–Kier alpha value is -1.80. The highest BCUT2D eigenvalue weighted by Gasteiger charge is 2.62. The Morgan fingerprint density at radius 3 is 1.11 bits per heavy atom. The molecular formula is C35H46O58S10-12. The molecule has 0 bridgehead atoms. The third kappa shape index (κ3) is 28.2. The van der Waals surface area contributed by atoms with Crippen LogP contribution in [0.15, 0.2) is 0 Å². The van der Waals surface area contributed by atoms with E-state index in [2.05, 4.69) is 57.5 Å². The minimum absolute atomic E-state index is 0.428. The summed E-state index contributed by atoms with van der Waals surface area (Å²) < 4.78 is 383. The van der Waals surface area contributed by atoms with Crippen molar-refractivity contribution in [3.63, 3.8) is 0 Å². The molecule has 0 spiro atoms. The number of carboxylic acid groups (broad SMARTS) is 2. The van der Waals surface area contributed by atoms with Crippen molar-refractivity contribution in [3.05, 3.63) is 0 Å². The van der Waals surface area contributed by atoms with Crippen LogP contribution in [0.1, 0.15) is 0 Å². The molecule has 0 aliphatic carbocycles. The van der Waals surface area contributed by atoms with Gasteiger partial charge in [-0.1, -0.05) is 0 Å². The molecule has 0 aromatic heterocycles. The van der Waals surface area contributed by atoms with Crippen molar-refractivity contribution in [2.24, 2.45) is 0 Å². The van der Waals surface area contributed by atoms with Gasteiger partial charge in [0.2, 0.25) is 52.0 Å². The lowest BCUT2D eigenvalue weighted by atomic mass is 9.95. The third-order valence-corrected chi connectivity index (χ3v) is 16.9. The zero-order valence-corrected chi connectivity index (χ0v) is 58.5. The molecule has 5 aliphatic rings. The van der Waals surface area contributed by atoms with E-state index >= 15 is 0 Å². The molecule has 68 heteroatoms. The van der Waals surface area contributed by atoms with Crippen molar-refractivity contribution in [1.29, 1.82) is 0 Å². The lowest BCUT2D eigenvalue weighted by Crippen LogP contribution is -2.70. The Labute approximate surface area is 592 Å². The van der Waals surface area contributed by atoms with E-state index in [1.165, 1.54) is 0 Å². The fraction of sp³-hybridized carbons (Fsp3) is 0.943. The highest BCUT2D eigenvalue weighted by molar-refractivity contribution is 7.90. The van der Waals surface area contributed by atoms with Crippen molar-refractivity contribution < 1.29 is 263 Å². The standard InChI is InChI=1S/C35H58O58S10/c1-63-12-10(7-69-99(48,49)50)73-32(24(15(12)64-2)80-92-97(44)45)76-18-16(65-3)26(83-95-90-88-41)33(78-22(18)29(36)37)75-14-9(6-68-91-96(42)43)72-34(28(86-103(60,61)62)21(14)84-101(54,55)56)77-19-17(66-4)27(85-102(57,58)59)35(79-23(19)30(38)39)74-13-11(8-70-100(51,52)53)71-31(67-5)25(81-93-98(46)47)20(13)82-94-89-87-40/h9-28,31-35,40-41H,6-8H2,1-5H3,(H,36,37)(H,38,39)(H,42,43)(H,44,45)(H,46,47)(H,48,49,50)(H,51,52,53)(H,54,55,56)(H,57,58,59)(H,60,61,62)/p-12/t9?,10-,11-,12-,13-,14+,15?,16?,17-,18+,19-,20?,21+,22+,23?,24?,25?,26?,27?,28?,31+,32-,33+,34+,35-/m1/s1. The number of rotatable bonds is 45. The molecule has 5 saturated heterocycles. The summed E-state index contributed by atoms with van der Waals surface area (Å²) >= 11 is -12.3. The van der Waals surface area contributed by atoms with Crippen LogP contribution in [0.4, 0.5) is 0 Å². The van der Waals surface area contributed by atoms with Gasteiger partial charge in [-0.2, -0.15) is 0 Å². The molecule has 5 aliphatic heterocycles. The minimum Gasteiger partial charge on any atom is -0.748 e. The zero-order chi connectivity index (χ0) is 77.3. The summed E-state index contributed by atoms with van der Waals surface area (Å²) in [6.45, 7) is -4.78. The second-order valence-corrected chi connectivity index (χ2v) is 26.8. The maximum Gasteiger partial charge on any atom is 0.218 e. The van der Waals surface area contributed by atoms with E-state index in [-0.39, 0.29) is 0 Å². The molecule has 0 radical (unpaired) electrons. The highest BCUT2D eigenvalue weighted by atomic mass is 32.3. The Kier molecular flexibility index (Phi) is 37.0. The fourth-order valence-electron chi connectivity index (χ4n) is 9.88. The third-order valence-electron chi connectivity index (χ3n) is 13.3. The maximum absolute atomic E-state index is 13.3. The van der Waals surface area contributed by atoms with Gasteiger partial charge in [0.25, 0.3) is 0 Å². The molecule has 0 amide bonds. The Bertz CT molecular complexity index is 3340. The van der Waals surface area contributed by atoms with E-state index in [1.54, 1.807) is 0 Å². The first kappa shape index (κ1) is 91.8. The number of methoxy groups -OCH3 is 5. The van der Waals surface area contributed by atoms with E-state index in [1.807, 2.05) is 0 Å². The van der Waals surface area contributed by atoms with Gasteiger partial charge in [-0.3, -0.25) is 39.4 Å². The summed E-state index contributed by atoms with van der Waals surface area (Å²) in [5.41, 5.74) is 0. The van der Waals surface area contributed by atoms with Crippen LogP contribution in [0.3, 0.4) is 0 Å². The smallest absolute Gasteiger partial charge is 0.218 e. The van der Waals surface area contributed by atoms with Crippen LogP contribution in [-0.4, -0.2) is 312 Å². The molecule has 0 aromatic rings. The van der Waals surface area contributed by atoms with Crippen LogP contribution in [0.2, 0.25) is 0 Å². The van der Waals surface area contributed by atoms with Gasteiger partial charge in [-0.25, -0.2) is 69.4 Å². The summed E-state index contributed by atoms with van der Waals surface area (Å²) in [5.74, 6) is -5.26. The molecule has 5 heterocycles. The average Bonchev–Trinajstić information content (AvgIpc) is 0.756. The Balaban J connectivity index is 1.70. The molecular weight excluding hydrogens is 1670 g/mol. The van der Waals surface area contributed by atoms with E-state index < -0.39 is 296 Å². The molecule has 0 N–H and O–H groups in total. The molecule has 28 atom stereocenters. The highest BCUT2D eigenvalue weighted by Crippen LogP contribution is 2.42. The summed E-state index contributed by atoms with van der Waals surface area (Å²) in [7, 11) is -27.7. The molecule has 13 unspecified atom stereocenters. The molecule has 5 rings (SSSR count). The first-order valence-electron chi connectivity index (χ1n) is 25.9. The number of aliphatic carboxylic acids is 2. The quantitative estimate of drug-likeness (QED) is 0.0104. The van der Waals surface area contributed by atoms with Crippen LogP contribution in [0.5, 0.6) is 0 Å². The van der Waals surface area contributed by atoms with Gasteiger partial charge in [-0.15, -0.1) is 21.7 Å². The Morgan fingerprint density at radius 2 is 0.709 bits per heavy atom. The van der Waals surface area contributed by atoms with Crippen LogP contribution in [-0.2, 0) is 238 Å². The number of carbonyl (C=O) groups is 2. The molecule has 0 saturated carbocycles. The largest absolute Gasteiger partial charge is 0.748 e. The van der Waals surface area contributed by atoms with E-state index in [9.17, 15) is 121 Å². The molecule has 0 aromatic carbocycles. The molecule has 606 valence electrons. The van der Waals surface area contributed by atoms with E-state index in [0.29, 0.717) is 14.2 Å². The number of carbonyl (C=O) groups excluding carboxylic acids is 2. The van der Waals surface area contributed by atoms with Gasteiger partial charge in [0.15, 0.2) is 86.6 Å². The van der Waals surface area contributed by atoms with Gasteiger partial charge in [0.1, 0.15) is 132 Å².